The van der Waals surface area contributed by atoms with Crippen LogP contribution in [-0.2, 0) is 9.53 Å². The highest BCUT2D eigenvalue weighted by Crippen LogP contribution is 2.29. The number of carbonyl (C=O) groups is 1. The first kappa shape index (κ1) is 13.2. The zero-order valence-electron chi connectivity index (χ0n) is 10.1. The fourth-order valence-corrected chi connectivity index (χ4v) is 1.56. The zero-order valence-corrected chi connectivity index (χ0v) is 10.1. The standard InChI is InChI=1S/C13H11F2NO3/c1-2-18-12(17)13(14,15)19-11-7-3-6-10-9(11)5-4-8-16-10/h3-8H,2H2,1H3. The SMILES string of the molecule is CCOC(=O)C(F)(F)Oc1cccc2ncccc12. The number of aromatic nitrogens is 1. The molecule has 0 aliphatic heterocycles. The quantitative estimate of drug-likeness (QED) is 0.799. The number of halogens is 2. The van der Waals surface area contributed by atoms with E-state index in [-0.39, 0.29) is 12.4 Å². The summed E-state index contributed by atoms with van der Waals surface area (Å²) in [5.41, 5.74) is 0.500. The molecule has 100 valence electrons. The molecule has 0 unspecified atom stereocenters. The lowest BCUT2D eigenvalue weighted by Crippen LogP contribution is -2.36. The molecule has 0 spiro atoms. The van der Waals surface area contributed by atoms with E-state index in [2.05, 4.69) is 14.5 Å². The molecule has 6 heteroatoms. The molecule has 0 radical (unpaired) electrons. The van der Waals surface area contributed by atoms with Gasteiger partial charge in [-0.3, -0.25) is 4.98 Å². The molecule has 0 atom stereocenters. The van der Waals surface area contributed by atoms with E-state index < -0.39 is 12.1 Å². The molecule has 0 bridgehead atoms. The third-order valence-electron chi connectivity index (χ3n) is 2.36. The van der Waals surface area contributed by atoms with Gasteiger partial charge in [-0.1, -0.05) is 6.07 Å². The predicted octanol–water partition coefficient (Wildman–Crippen LogP) is 2.77. The van der Waals surface area contributed by atoms with Gasteiger partial charge in [0.15, 0.2) is 0 Å². The monoisotopic (exact) mass is 267 g/mol. The topological polar surface area (TPSA) is 48.4 Å². The number of hydrogen-bond donors (Lipinski definition) is 0. The number of fused-ring (bicyclic) bond motifs is 1. The number of ether oxygens (including phenoxy) is 2. The molecule has 0 amide bonds. The van der Waals surface area contributed by atoms with E-state index in [0.717, 1.165) is 0 Å². The van der Waals surface area contributed by atoms with Crippen LogP contribution in [0.4, 0.5) is 8.78 Å². The first-order valence-electron chi connectivity index (χ1n) is 5.62. The molecule has 0 aliphatic carbocycles. The molecule has 0 aliphatic rings. The van der Waals surface area contributed by atoms with Crippen molar-refractivity contribution in [2.24, 2.45) is 0 Å². The summed E-state index contributed by atoms with van der Waals surface area (Å²) >= 11 is 0. The first-order chi connectivity index (χ1) is 9.04. The van der Waals surface area contributed by atoms with Gasteiger partial charge in [0, 0.05) is 11.6 Å². The van der Waals surface area contributed by atoms with Crippen molar-refractivity contribution in [1.82, 2.24) is 4.98 Å². The van der Waals surface area contributed by atoms with Crippen molar-refractivity contribution in [2.45, 2.75) is 13.0 Å². The molecule has 0 saturated heterocycles. The maximum absolute atomic E-state index is 13.5. The second-order valence-corrected chi connectivity index (χ2v) is 3.67. The lowest BCUT2D eigenvalue weighted by Gasteiger charge is -2.16. The third-order valence-corrected chi connectivity index (χ3v) is 2.36. The summed E-state index contributed by atoms with van der Waals surface area (Å²) in [6.07, 6.45) is -2.49. The van der Waals surface area contributed by atoms with Crippen molar-refractivity contribution >= 4 is 16.9 Å². The number of benzene rings is 1. The molecular formula is C13H11F2NO3. The van der Waals surface area contributed by atoms with Gasteiger partial charge < -0.3 is 9.47 Å². The average Bonchev–Trinajstić information content (AvgIpc) is 2.39. The van der Waals surface area contributed by atoms with E-state index in [4.69, 9.17) is 0 Å². The van der Waals surface area contributed by atoms with Gasteiger partial charge in [0.25, 0.3) is 0 Å². The number of nitrogens with zero attached hydrogens (tertiary/aromatic N) is 1. The molecule has 2 rings (SSSR count). The lowest BCUT2D eigenvalue weighted by atomic mass is 10.2. The van der Waals surface area contributed by atoms with Crippen LogP contribution in [0, 0.1) is 0 Å². The van der Waals surface area contributed by atoms with Gasteiger partial charge >= 0.3 is 12.1 Å². The van der Waals surface area contributed by atoms with Crippen molar-refractivity contribution < 1.29 is 23.0 Å². The molecule has 0 saturated carbocycles. The van der Waals surface area contributed by atoms with E-state index in [1.54, 1.807) is 18.2 Å². The van der Waals surface area contributed by atoms with Gasteiger partial charge in [0.2, 0.25) is 0 Å². The Kier molecular flexibility index (Phi) is 3.59. The molecule has 0 fully saturated rings. The second-order valence-electron chi connectivity index (χ2n) is 3.67. The Hall–Kier alpha value is -2.24. The van der Waals surface area contributed by atoms with E-state index >= 15 is 0 Å². The van der Waals surface area contributed by atoms with E-state index in [0.29, 0.717) is 10.9 Å². The van der Waals surface area contributed by atoms with Gasteiger partial charge in [-0.2, -0.15) is 8.78 Å². The summed E-state index contributed by atoms with van der Waals surface area (Å²) in [6, 6.07) is 7.70. The maximum atomic E-state index is 13.5. The number of carbonyl (C=O) groups excluding carboxylic acids is 1. The molecule has 2 aromatic rings. The van der Waals surface area contributed by atoms with Crippen LogP contribution < -0.4 is 4.74 Å². The summed E-state index contributed by atoms with van der Waals surface area (Å²) < 4.78 is 35.7. The van der Waals surface area contributed by atoms with Crippen molar-refractivity contribution in [2.75, 3.05) is 6.61 Å². The largest absolute Gasteiger partial charge is 0.502 e. The van der Waals surface area contributed by atoms with Crippen LogP contribution in [0.15, 0.2) is 36.5 Å². The summed E-state index contributed by atoms with van der Waals surface area (Å²) in [5, 5.41) is 0.397. The fraction of sp³-hybridized carbons (Fsp3) is 0.231. The highest BCUT2D eigenvalue weighted by atomic mass is 19.3. The van der Waals surface area contributed by atoms with Crippen LogP contribution in [0.25, 0.3) is 10.9 Å². The van der Waals surface area contributed by atoms with Gasteiger partial charge in [-0.05, 0) is 31.2 Å². The molecule has 0 N–H and O–H groups in total. The molecule has 1 aromatic heterocycles. The minimum absolute atomic E-state index is 0.122. The highest BCUT2D eigenvalue weighted by molar-refractivity contribution is 5.85. The van der Waals surface area contributed by atoms with E-state index in [1.807, 2.05) is 0 Å². The van der Waals surface area contributed by atoms with Crippen molar-refractivity contribution in [3.63, 3.8) is 0 Å². The summed E-state index contributed by atoms with van der Waals surface area (Å²) in [7, 11) is 0. The summed E-state index contributed by atoms with van der Waals surface area (Å²) in [4.78, 5) is 15.1. The summed E-state index contributed by atoms with van der Waals surface area (Å²) in [6.45, 7) is 1.30. The first-order valence-corrected chi connectivity index (χ1v) is 5.62. The Morgan fingerprint density at radius 2 is 2.11 bits per heavy atom. The van der Waals surface area contributed by atoms with Crippen LogP contribution >= 0.6 is 0 Å². The Labute approximate surface area is 108 Å². The molecule has 1 aromatic carbocycles. The summed E-state index contributed by atoms with van der Waals surface area (Å²) in [5.74, 6) is -1.83. The number of esters is 1. The molecule has 1 heterocycles. The second kappa shape index (κ2) is 5.17. The smallest absolute Gasteiger partial charge is 0.459 e. The molecular weight excluding hydrogens is 256 g/mol. The lowest BCUT2D eigenvalue weighted by molar-refractivity contribution is -0.216. The normalized spacial score (nSPS) is 11.3. The van der Waals surface area contributed by atoms with Crippen LogP contribution in [0.2, 0.25) is 0 Å². The van der Waals surface area contributed by atoms with Crippen molar-refractivity contribution in [1.29, 1.82) is 0 Å². The number of hydrogen-bond acceptors (Lipinski definition) is 4. The minimum atomic E-state index is -4.03. The van der Waals surface area contributed by atoms with Gasteiger partial charge in [0.1, 0.15) is 5.75 Å². The van der Waals surface area contributed by atoms with Crippen LogP contribution in [0.1, 0.15) is 6.92 Å². The highest BCUT2D eigenvalue weighted by Gasteiger charge is 2.44. The van der Waals surface area contributed by atoms with Crippen LogP contribution in [0.5, 0.6) is 5.75 Å². The van der Waals surface area contributed by atoms with E-state index in [9.17, 15) is 13.6 Å². The van der Waals surface area contributed by atoms with E-state index in [1.165, 1.54) is 25.3 Å². The van der Waals surface area contributed by atoms with Gasteiger partial charge in [-0.15, -0.1) is 0 Å². The molecule has 19 heavy (non-hydrogen) atoms. The third kappa shape index (κ3) is 2.78. The van der Waals surface area contributed by atoms with Crippen molar-refractivity contribution in [3.05, 3.63) is 36.5 Å². The average molecular weight is 267 g/mol. The predicted molar refractivity (Wildman–Crippen MR) is 64.0 cm³/mol. The fourth-order valence-electron chi connectivity index (χ4n) is 1.56. The maximum Gasteiger partial charge on any atom is 0.502 e. The minimum Gasteiger partial charge on any atom is -0.459 e. The number of pyridine rings is 1. The van der Waals surface area contributed by atoms with Crippen LogP contribution in [-0.4, -0.2) is 23.7 Å². The number of alkyl halides is 2. The Morgan fingerprint density at radius 3 is 2.84 bits per heavy atom. The van der Waals surface area contributed by atoms with Crippen molar-refractivity contribution in [3.8, 4) is 5.75 Å². The van der Waals surface area contributed by atoms with Gasteiger partial charge in [0.05, 0.1) is 12.1 Å². The molecule has 4 nitrogen and oxygen atoms in total. The van der Waals surface area contributed by atoms with Crippen LogP contribution in [0.3, 0.4) is 0 Å². The zero-order chi connectivity index (χ0) is 13.9. The number of rotatable bonds is 4. The Bertz CT molecular complexity index is 596. The van der Waals surface area contributed by atoms with Gasteiger partial charge in [-0.25, -0.2) is 4.79 Å². The Balaban J connectivity index is 2.33. The Morgan fingerprint density at radius 1 is 1.32 bits per heavy atom.